The van der Waals surface area contributed by atoms with Crippen LogP contribution >= 0.6 is 0 Å². The normalized spacial score (nSPS) is 16.5. The Kier molecular flexibility index (Phi) is 9.87. The summed E-state index contributed by atoms with van der Waals surface area (Å²) in [6, 6.07) is 9.67. The highest BCUT2D eigenvalue weighted by atomic mass is 19.4. The molecule has 12 heteroatoms. The third kappa shape index (κ3) is 7.56. The number of hydroxylamine groups is 1. The molecule has 2 aromatic rings. The molecule has 2 aliphatic heterocycles. The number of rotatable bonds is 11. The molecule has 4 rings (SSSR count). The van der Waals surface area contributed by atoms with Crippen LogP contribution in [0, 0.1) is 0 Å². The van der Waals surface area contributed by atoms with E-state index in [1.807, 2.05) is 24.1 Å². The van der Waals surface area contributed by atoms with Crippen LogP contribution in [-0.4, -0.2) is 89.7 Å². The lowest BCUT2D eigenvalue weighted by Gasteiger charge is -2.37. The smallest absolute Gasteiger partial charge is 0.417 e. The Bertz CT molecular complexity index is 1230. The Balaban J connectivity index is 1.36. The van der Waals surface area contributed by atoms with Gasteiger partial charge in [0, 0.05) is 44.7 Å². The number of carbonyl (C=O) groups is 3. The van der Waals surface area contributed by atoms with Gasteiger partial charge in [-0.15, -0.1) is 0 Å². The summed E-state index contributed by atoms with van der Waals surface area (Å²) in [7, 11) is 1.84. The molecule has 3 amide bonds. The Morgan fingerprint density at radius 1 is 0.976 bits per heavy atom. The summed E-state index contributed by atoms with van der Waals surface area (Å²) in [5.41, 5.74) is 3.68. The fraction of sp³-hybridized carbons (Fsp3) is 0.483. The molecule has 0 saturated carbocycles. The number of carbonyl (C=O) groups excluding carboxylic acids is 3. The zero-order valence-corrected chi connectivity index (χ0v) is 23.0. The topological polar surface area (TPSA) is 102 Å². The van der Waals surface area contributed by atoms with Crippen LogP contribution in [0.25, 0.3) is 11.1 Å². The molecule has 0 spiro atoms. The van der Waals surface area contributed by atoms with Crippen molar-refractivity contribution < 1.29 is 37.5 Å². The van der Waals surface area contributed by atoms with Crippen molar-refractivity contribution in [2.45, 2.75) is 50.9 Å². The van der Waals surface area contributed by atoms with E-state index in [0.29, 0.717) is 47.9 Å². The van der Waals surface area contributed by atoms with Gasteiger partial charge in [0.2, 0.25) is 11.9 Å². The Morgan fingerprint density at radius 3 is 2.29 bits per heavy atom. The molecule has 0 bridgehead atoms. The summed E-state index contributed by atoms with van der Waals surface area (Å²) in [5, 5.41) is 8.48. The molecular formula is C29H35F3N4O5. The minimum atomic E-state index is -4.90. The van der Waals surface area contributed by atoms with E-state index in [0.717, 1.165) is 24.8 Å². The number of amides is 3. The van der Waals surface area contributed by atoms with Crippen molar-refractivity contribution >= 4 is 17.7 Å². The molecule has 2 N–H and O–H groups in total. The highest BCUT2D eigenvalue weighted by Gasteiger charge is 2.53. The van der Waals surface area contributed by atoms with Gasteiger partial charge in [0.05, 0.1) is 6.61 Å². The van der Waals surface area contributed by atoms with Crippen molar-refractivity contribution in [1.29, 1.82) is 0 Å². The summed E-state index contributed by atoms with van der Waals surface area (Å²) in [5.74, 6) is -1.62. The average molecular weight is 577 g/mol. The Hall–Kier alpha value is -3.64. The first kappa shape index (κ1) is 30.3. The molecule has 1 fully saturated rings. The van der Waals surface area contributed by atoms with Gasteiger partial charge in [-0.1, -0.05) is 37.1 Å². The molecule has 9 nitrogen and oxygen atoms in total. The molecule has 1 saturated heterocycles. The van der Waals surface area contributed by atoms with Crippen LogP contribution < -0.4 is 10.2 Å². The number of piperazine rings is 1. The molecule has 2 aliphatic rings. The lowest BCUT2D eigenvalue weighted by atomic mass is 10.0. The zero-order valence-electron chi connectivity index (χ0n) is 23.0. The number of likely N-dealkylation sites (N-methyl/N-ethyl adjacent to an activating group) is 1. The molecule has 1 unspecified atom stereocenters. The number of ether oxygens (including phenoxy) is 1. The fourth-order valence-electron chi connectivity index (χ4n) is 5.09. The van der Waals surface area contributed by atoms with Gasteiger partial charge >= 0.3 is 6.18 Å². The van der Waals surface area contributed by atoms with E-state index in [1.54, 1.807) is 35.8 Å². The fourth-order valence-corrected chi connectivity index (χ4v) is 5.09. The number of fused-ring (bicyclic) bond motifs is 1. The highest BCUT2D eigenvalue weighted by molar-refractivity contribution is 6.02. The maximum atomic E-state index is 14.2. The minimum absolute atomic E-state index is 0.166. The molecule has 222 valence electrons. The van der Waals surface area contributed by atoms with E-state index < -0.39 is 29.9 Å². The predicted molar refractivity (Wildman–Crippen MR) is 144 cm³/mol. The molecule has 2 heterocycles. The van der Waals surface area contributed by atoms with Crippen molar-refractivity contribution in [3.63, 3.8) is 0 Å². The summed E-state index contributed by atoms with van der Waals surface area (Å²) in [6.45, 7) is 1.55. The largest absolute Gasteiger partial charge is 0.494 e. The first-order valence-electron chi connectivity index (χ1n) is 13.7. The number of alkyl halides is 3. The lowest BCUT2D eigenvalue weighted by molar-refractivity contribution is -0.191. The second kappa shape index (κ2) is 13.3. The highest BCUT2D eigenvalue weighted by Crippen LogP contribution is 2.35. The van der Waals surface area contributed by atoms with Gasteiger partial charge in [0.1, 0.15) is 5.75 Å². The summed E-state index contributed by atoms with van der Waals surface area (Å²) in [4.78, 5) is 41.0. The second-order valence-corrected chi connectivity index (χ2v) is 10.4. The summed E-state index contributed by atoms with van der Waals surface area (Å²) < 4.78 is 48.2. The lowest BCUT2D eigenvalue weighted by Crippen LogP contribution is -2.59. The van der Waals surface area contributed by atoms with Crippen LogP contribution in [0.2, 0.25) is 0 Å². The number of nitrogens with zero attached hydrogens (tertiary/aromatic N) is 3. The van der Waals surface area contributed by atoms with Gasteiger partial charge in [-0.2, -0.15) is 13.2 Å². The predicted octanol–water partition coefficient (Wildman–Crippen LogP) is 3.85. The summed E-state index contributed by atoms with van der Waals surface area (Å²) in [6.07, 6.45) is -1.39. The quantitative estimate of drug-likeness (QED) is 0.240. The molecule has 0 radical (unpaired) electrons. The molecule has 0 aliphatic carbocycles. The van der Waals surface area contributed by atoms with Gasteiger partial charge < -0.3 is 19.4 Å². The first-order chi connectivity index (χ1) is 19.6. The number of nitrogens with one attached hydrogen (secondary N) is 1. The molecule has 0 aromatic heterocycles. The van der Waals surface area contributed by atoms with Gasteiger partial charge in [-0.05, 0) is 54.8 Å². The van der Waals surface area contributed by atoms with E-state index >= 15 is 0 Å². The van der Waals surface area contributed by atoms with Crippen molar-refractivity contribution in [2.75, 3.05) is 39.8 Å². The van der Waals surface area contributed by atoms with Crippen molar-refractivity contribution in [2.24, 2.45) is 0 Å². The number of halogens is 3. The second-order valence-electron chi connectivity index (χ2n) is 10.4. The molecule has 2 aromatic carbocycles. The SMILES string of the molecule is CN1CCN(C(=O)C(N2Cc3ccc(-c4ccc(OCCCCCCC(=O)NO)cc4)cc3C2=O)C(F)(F)F)CC1. The molecule has 1 atom stereocenters. The minimum Gasteiger partial charge on any atom is -0.494 e. The maximum absolute atomic E-state index is 14.2. The zero-order chi connectivity index (χ0) is 29.6. The average Bonchev–Trinajstić information content (AvgIpc) is 3.27. The third-order valence-electron chi connectivity index (χ3n) is 7.49. The third-order valence-corrected chi connectivity index (χ3v) is 7.49. The van der Waals surface area contributed by atoms with E-state index in [1.165, 1.54) is 4.90 Å². The van der Waals surface area contributed by atoms with Crippen LogP contribution in [0.3, 0.4) is 0 Å². The Morgan fingerprint density at radius 2 is 1.63 bits per heavy atom. The number of hydrogen-bond acceptors (Lipinski definition) is 6. The van der Waals surface area contributed by atoms with Gasteiger partial charge in [-0.3, -0.25) is 19.6 Å². The van der Waals surface area contributed by atoms with Crippen LogP contribution in [0.1, 0.15) is 48.0 Å². The number of hydrogen-bond donors (Lipinski definition) is 2. The van der Waals surface area contributed by atoms with E-state index in [-0.39, 0.29) is 31.6 Å². The van der Waals surface area contributed by atoms with E-state index in [9.17, 15) is 27.6 Å². The summed E-state index contributed by atoms with van der Waals surface area (Å²) >= 11 is 0. The van der Waals surface area contributed by atoms with Crippen LogP contribution in [-0.2, 0) is 16.1 Å². The number of benzene rings is 2. The van der Waals surface area contributed by atoms with E-state index in [4.69, 9.17) is 9.94 Å². The monoisotopic (exact) mass is 576 g/mol. The molecule has 41 heavy (non-hydrogen) atoms. The standard InChI is InChI=1S/C29H35F3N4O5/c1-34-13-15-35(16-14-34)28(39)26(29(30,31)32)36-19-22-8-7-21(18-24(22)27(36)38)20-9-11-23(12-10-20)41-17-5-3-2-4-6-25(37)33-40/h7-12,18,26,40H,2-6,13-17,19H2,1H3,(H,33,37). The Labute approximate surface area is 236 Å². The van der Waals surface area contributed by atoms with Crippen molar-refractivity contribution in [3.8, 4) is 16.9 Å². The number of unbranched alkanes of at least 4 members (excludes halogenated alkanes) is 3. The van der Waals surface area contributed by atoms with Gasteiger partial charge in [0.25, 0.3) is 11.8 Å². The van der Waals surface area contributed by atoms with Crippen LogP contribution in [0.15, 0.2) is 42.5 Å². The first-order valence-corrected chi connectivity index (χ1v) is 13.7. The maximum Gasteiger partial charge on any atom is 0.417 e. The molecular weight excluding hydrogens is 541 g/mol. The van der Waals surface area contributed by atoms with E-state index in [2.05, 4.69) is 0 Å². The van der Waals surface area contributed by atoms with Gasteiger partial charge in [-0.25, -0.2) is 5.48 Å². The van der Waals surface area contributed by atoms with Crippen LogP contribution in [0.5, 0.6) is 5.75 Å². The van der Waals surface area contributed by atoms with Crippen molar-refractivity contribution in [1.82, 2.24) is 20.2 Å². The van der Waals surface area contributed by atoms with Gasteiger partial charge in [0.15, 0.2) is 0 Å². The van der Waals surface area contributed by atoms with Crippen LogP contribution in [0.4, 0.5) is 13.2 Å². The van der Waals surface area contributed by atoms with Crippen molar-refractivity contribution in [3.05, 3.63) is 53.6 Å².